The van der Waals surface area contributed by atoms with Gasteiger partial charge in [-0.25, -0.2) is 0 Å². The van der Waals surface area contributed by atoms with Crippen molar-refractivity contribution < 1.29 is 20.1 Å². The molecule has 3 N–H and O–H groups in total. The molecular weight excluding hydrogens is 216 g/mol. The molecule has 0 bridgehead atoms. The zero-order valence-electron chi connectivity index (χ0n) is 6.01. The number of aliphatic hydroxyl groups is 3. The van der Waals surface area contributed by atoms with E-state index >= 15 is 0 Å². The monoisotopic (exact) mass is 226 g/mol. The van der Waals surface area contributed by atoms with E-state index in [9.17, 15) is 10.2 Å². The van der Waals surface area contributed by atoms with E-state index in [4.69, 9.17) is 9.84 Å². The molecule has 1 aliphatic rings. The van der Waals surface area contributed by atoms with Gasteiger partial charge in [0, 0.05) is 0 Å². The van der Waals surface area contributed by atoms with Gasteiger partial charge in [-0.3, -0.25) is 0 Å². The minimum Gasteiger partial charge on any atom is -0.388 e. The van der Waals surface area contributed by atoms with Crippen molar-refractivity contribution in [3.63, 3.8) is 0 Å². The zero-order chi connectivity index (χ0) is 8.59. The zero-order valence-corrected chi connectivity index (χ0v) is 7.60. The SMILES string of the molecule is C[C@H]1OC(Br)[C@H](O)[C@@H](O)[C@H]1O. The predicted molar refractivity (Wildman–Crippen MR) is 41.3 cm³/mol. The lowest BCUT2D eigenvalue weighted by Gasteiger charge is -2.36. The maximum atomic E-state index is 9.18. The molecule has 66 valence electrons. The summed E-state index contributed by atoms with van der Waals surface area (Å²) in [5.74, 6) is 0. The highest BCUT2D eigenvalue weighted by Gasteiger charge is 2.40. The van der Waals surface area contributed by atoms with Crippen molar-refractivity contribution in [1.82, 2.24) is 0 Å². The Labute approximate surface area is 72.9 Å². The Morgan fingerprint density at radius 3 is 2.18 bits per heavy atom. The van der Waals surface area contributed by atoms with E-state index in [1.165, 1.54) is 0 Å². The number of alkyl halides is 1. The normalized spacial score (nSPS) is 52.6. The molecule has 0 aromatic heterocycles. The highest BCUT2D eigenvalue weighted by molar-refractivity contribution is 9.09. The van der Waals surface area contributed by atoms with E-state index in [1.807, 2.05) is 0 Å². The summed E-state index contributed by atoms with van der Waals surface area (Å²) in [4.78, 5) is 0. The second kappa shape index (κ2) is 3.37. The lowest BCUT2D eigenvalue weighted by atomic mass is 10.0. The molecule has 1 heterocycles. The van der Waals surface area contributed by atoms with Gasteiger partial charge < -0.3 is 20.1 Å². The second-order valence-corrected chi connectivity index (χ2v) is 3.57. The summed E-state index contributed by atoms with van der Waals surface area (Å²) in [6, 6.07) is 0. The minimum atomic E-state index is -1.14. The van der Waals surface area contributed by atoms with Crippen LogP contribution in [0.4, 0.5) is 0 Å². The summed E-state index contributed by atoms with van der Waals surface area (Å²) in [5.41, 5.74) is 0. The number of halogens is 1. The Balaban J connectivity index is 2.63. The molecule has 11 heavy (non-hydrogen) atoms. The van der Waals surface area contributed by atoms with Crippen molar-refractivity contribution in [2.75, 3.05) is 0 Å². The maximum absolute atomic E-state index is 9.18. The molecule has 5 heteroatoms. The van der Waals surface area contributed by atoms with Gasteiger partial charge in [0.15, 0.2) is 0 Å². The molecular formula is C6H11BrO4. The maximum Gasteiger partial charge on any atom is 0.141 e. The summed E-state index contributed by atoms with van der Waals surface area (Å²) in [6.45, 7) is 1.63. The third-order valence-electron chi connectivity index (χ3n) is 1.79. The molecule has 0 spiro atoms. The van der Waals surface area contributed by atoms with Gasteiger partial charge in [-0.05, 0) is 6.92 Å². The average Bonchev–Trinajstić information content (AvgIpc) is 1.97. The van der Waals surface area contributed by atoms with Crippen LogP contribution in [0, 0.1) is 0 Å². The molecule has 0 radical (unpaired) electrons. The van der Waals surface area contributed by atoms with Crippen LogP contribution < -0.4 is 0 Å². The van der Waals surface area contributed by atoms with E-state index in [2.05, 4.69) is 15.9 Å². The summed E-state index contributed by atoms with van der Waals surface area (Å²) >= 11 is 3.02. The van der Waals surface area contributed by atoms with E-state index in [1.54, 1.807) is 6.92 Å². The van der Waals surface area contributed by atoms with Crippen LogP contribution in [0.25, 0.3) is 0 Å². The molecule has 1 fully saturated rings. The molecule has 1 rings (SSSR count). The molecule has 5 atom stereocenters. The number of hydrogen-bond acceptors (Lipinski definition) is 4. The van der Waals surface area contributed by atoms with Crippen molar-refractivity contribution in [2.45, 2.75) is 36.4 Å². The van der Waals surface area contributed by atoms with Gasteiger partial charge in [0.25, 0.3) is 0 Å². The average molecular weight is 227 g/mol. The fourth-order valence-corrected chi connectivity index (χ4v) is 1.65. The minimum absolute atomic E-state index is 0.460. The topological polar surface area (TPSA) is 69.9 Å². The van der Waals surface area contributed by atoms with E-state index in [0.29, 0.717) is 0 Å². The molecule has 0 aromatic carbocycles. The van der Waals surface area contributed by atoms with Gasteiger partial charge >= 0.3 is 0 Å². The number of aliphatic hydroxyl groups excluding tert-OH is 3. The molecule has 0 saturated carbocycles. The summed E-state index contributed by atoms with van der Waals surface area (Å²) in [6.07, 6.45) is -3.68. The molecule has 0 aromatic rings. The highest BCUT2D eigenvalue weighted by atomic mass is 79.9. The molecule has 4 nitrogen and oxygen atoms in total. The van der Waals surface area contributed by atoms with Crippen LogP contribution in [0.3, 0.4) is 0 Å². The molecule has 1 saturated heterocycles. The van der Waals surface area contributed by atoms with Crippen LogP contribution >= 0.6 is 15.9 Å². The quantitative estimate of drug-likeness (QED) is 0.474. The van der Waals surface area contributed by atoms with Crippen molar-refractivity contribution in [3.8, 4) is 0 Å². The fraction of sp³-hybridized carbons (Fsp3) is 1.00. The first-order chi connectivity index (χ1) is 5.04. The smallest absolute Gasteiger partial charge is 0.141 e. The number of rotatable bonds is 0. The van der Waals surface area contributed by atoms with E-state index in [0.717, 1.165) is 0 Å². The van der Waals surface area contributed by atoms with Crippen LogP contribution in [-0.2, 0) is 4.74 Å². The van der Waals surface area contributed by atoms with Crippen LogP contribution in [-0.4, -0.2) is 44.7 Å². The summed E-state index contributed by atoms with van der Waals surface area (Å²) in [7, 11) is 0. The van der Waals surface area contributed by atoms with Gasteiger partial charge in [-0.2, -0.15) is 0 Å². The van der Waals surface area contributed by atoms with Crippen LogP contribution in [0.1, 0.15) is 6.92 Å². The predicted octanol–water partition coefficient (Wildman–Crippen LogP) is -0.791. The third-order valence-corrected chi connectivity index (χ3v) is 2.55. The van der Waals surface area contributed by atoms with Gasteiger partial charge in [0.05, 0.1) is 6.10 Å². The first kappa shape index (κ1) is 9.41. The van der Waals surface area contributed by atoms with E-state index in [-0.39, 0.29) is 0 Å². The number of ether oxygens (including phenoxy) is 1. The lowest BCUT2D eigenvalue weighted by Crippen LogP contribution is -2.54. The van der Waals surface area contributed by atoms with Crippen molar-refractivity contribution in [3.05, 3.63) is 0 Å². The first-order valence-corrected chi connectivity index (χ1v) is 4.29. The van der Waals surface area contributed by atoms with Crippen LogP contribution in [0.5, 0.6) is 0 Å². The standard InChI is InChI=1S/C6H11BrO4/c1-2-3(8)4(9)5(10)6(7)11-2/h2-6,8-10H,1H3/t2-,3+,4+,5-,6?/m1/s1. The Hall–Kier alpha value is 0.320. The summed E-state index contributed by atoms with van der Waals surface area (Å²) < 4.78 is 5.04. The Kier molecular flexibility index (Phi) is 2.88. The van der Waals surface area contributed by atoms with Gasteiger partial charge in [0.1, 0.15) is 23.3 Å². The molecule has 0 amide bonds. The van der Waals surface area contributed by atoms with Gasteiger partial charge in [-0.15, -0.1) is 0 Å². The Bertz CT molecular complexity index is 129. The Morgan fingerprint density at radius 2 is 1.64 bits per heavy atom. The van der Waals surface area contributed by atoms with Crippen molar-refractivity contribution >= 4 is 15.9 Å². The highest BCUT2D eigenvalue weighted by Crippen LogP contribution is 2.23. The number of hydrogen-bond donors (Lipinski definition) is 3. The Morgan fingerprint density at radius 1 is 1.09 bits per heavy atom. The largest absolute Gasteiger partial charge is 0.388 e. The van der Waals surface area contributed by atoms with Gasteiger partial charge in [0.2, 0.25) is 0 Å². The van der Waals surface area contributed by atoms with Crippen LogP contribution in [0.15, 0.2) is 0 Å². The summed E-state index contributed by atoms with van der Waals surface area (Å²) in [5, 5.41) is 26.9. The molecule has 0 aliphatic carbocycles. The second-order valence-electron chi connectivity index (χ2n) is 2.66. The van der Waals surface area contributed by atoms with Crippen LogP contribution in [0.2, 0.25) is 0 Å². The fourth-order valence-electron chi connectivity index (χ4n) is 1.00. The first-order valence-electron chi connectivity index (χ1n) is 3.37. The van der Waals surface area contributed by atoms with Crippen molar-refractivity contribution in [1.29, 1.82) is 0 Å². The van der Waals surface area contributed by atoms with Crippen molar-refractivity contribution in [2.24, 2.45) is 0 Å². The lowest BCUT2D eigenvalue weighted by molar-refractivity contribution is -0.190. The van der Waals surface area contributed by atoms with E-state index < -0.39 is 29.4 Å². The molecule has 1 aliphatic heterocycles. The molecule has 1 unspecified atom stereocenters. The van der Waals surface area contributed by atoms with Gasteiger partial charge in [-0.1, -0.05) is 15.9 Å². The third kappa shape index (κ3) is 1.73.